The molecule has 0 aromatic heterocycles. The predicted octanol–water partition coefficient (Wildman–Crippen LogP) is 1.42. The summed E-state index contributed by atoms with van der Waals surface area (Å²) in [6.45, 7) is 0. The van der Waals surface area contributed by atoms with Crippen LogP contribution >= 0.6 is 0 Å². The van der Waals surface area contributed by atoms with E-state index < -0.39 is 0 Å². The van der Waals surface area contributed by atoms with E-state index in [0.717, 1.165) is 0 Å². The third kappa shape index (κ3) is 1.71. The topological polar surface area (TPSA) is 49.8 Å². The molecule has 1 atom stereocenters. The molecule has 56 valence electrons. The number of nitrogens with two attached hydrogens (primary N) is 1. The van der Waals surface area contributed by atoms with Gasteiger partial charge in [-0.05, 0) is 18.8 Å². The summed E-state index contributed by atoms with van der Waals surface area (Å²) in [5, 5.41) is 8.37. The standard InChI is InChI=1S/C8H14N2/c9-6-5-8(10)7-3-1-2-4-7/h7-8H,1-5,10H2/t8-/m0/s1. The maximum Gasteiger partial charge on any atom is 0.0638 e. The maximum absolute atomic E-state index is 8.37. The van der Waals surface area contributed by atoms with Gasteiger partial charge >= 0.3 is 0 Å². The molecule has 0 aliphatic heterocycles. The summed E-state index contributed by atoms with van der Waals surface area (Å²) in [4.78, 5) is 0. The summed E-state index contributed by atoms with van der Waals surface area (Å²) >= 11 is 0. The minimum Gasteiger partial charge on any atom is -0.327 e. The van der Waals surface area contributed by atoms with Crippen molar-refractivity contribution in [3.8, 4) is 6.07 Å². The Hall–Kier alpha value is -0.550. The number of hydrogen-bond donors (Lipinski definition) is 1. The van der Waals surface area contributed by atoms with Crippen molar-refractivity contribution in [1.82, 2.24) is 0 Å². The Bertz CT molecular complexity index is 131. The van der Waals surface area contributed by atoms with Gasteiger partial charge in [-0.25, -0.2) is 0 Å². The molecular formula is C8H14N2. The molecule has 0 unspecified atom stereocenters. The van der Waals surface area contributed by atoms with Gasteiger partial charge in [-0.1, -0.05) is 12.8 Å². The first-order valence-electron chi connectivity index (χ1n) is 3.97. The van der Waals surface area contributed by atoms with Crippen molar-refractivity contribution in [2.75, 3.05) is 0 Å². The smallest absolute Gasteiger partial charge is 0.0638 e. The summed E-state index contributed by atoms with van der Waals surface area (Å²) < 4.78 is 0. The van der Waals surface area contributed by atoms with E-state index in [9.17, 15) is 0 Å². The van der Waals surface area contributed by atoms with Crippen LogP contribution in [0.4, 0.5) is 0 Å². The second-order valence-electron chi connectivity index (χ2n) is 3.07. The monoisotopic (exact) mass is 138 g/mol. The largest absolute Gasteiger partial charge is 0.327 e. The number of hydrogen-bond acceptors (Lipinski definition) is 2. The first kappa shape index (κ1) is 7.56. The number of nitrogens with zero attached hydrogens (tertiary/aromatic N) is 1. The molecule has 1 aliphatic carbocycles. The molecular weight excluding hydrogens is 124 g/mol. The fourth-order valence-corrected chi connectivity index (χ4v) is 1.66. The van der Waals surface area contributed by atoms with Gasteiger partial charge in [-0.2, -0.15) is 5.26 Å². The zero-order chi connectivity index (χ0) is 7.40. The van der Waals surface area contributed by atoms with Crippen LogP contribution in [0.25, 0.3) is 0 Å². The second-order valence-corrected chi connectivity index (χ2v) is 3.07. The first-order chi connectivity index (χ1) is 4.84. The Kier molecular flexibility index (Phi) is 2.70. The molecule has 0 spiro atoms. The lowest BCUT2D eigenvalue weighted by atomic mass is 9.97. The molecule has 1 saturated carbocycles. The third-order valence-corrected chi connectivity index (χ3v) is 2.33. The molecule has 0 bridgehead atoms. The summed E-state index contributed by atoms with van der Waals surface area (Å²) in [6.07, 6.45) is 5.63. The quantitative estimate of drug-likeness (QED) is 0.627. The molecule has 1 fully saturated rings. The van der Waals surface area contributed by atoms with E-state index in [2.05, 4.69) is 6.07 Å². The number of nitriles is 1. The Morgan fingerprint density at radius 2 is 2.10 bits per heavy atom. The van der Waals surface area contributed by atoms with Gasteiger partial charge < -0.3 is 5.73 Å². The summed E-state index contributed by atoms with van der Waals surface area (Å²) in [7, 11) is 0. The second kappa shape index (κ2) is 3.58. The van der Waals surface area contributed by atoms with Gasteiger partial charge in [0.2, 0.25) is 0 Å². The van der Waals surface area contributed by atoms with Gasteiger partial charge in [0.05, 0.1) is 12.5 Å². The van der Waals surface area contributed by atoms with E-state index in [4.69, 9.17) is 11.0 Å². The summed E-state index contributed by atoms with van der Waals surface area (Å²) in [5.74, 6) is 0.639. The molecule has 0 aromatic carbocycles. The zero-order valence-electron chi connectivity index (χ0n) is 6.21. The van der Waals surface area contributed by atoms with Crippen molar-refractivity contribution < 1.29 is 0 Å². The van der Waals surface area contributed by atoms with E-state index in [1.165, 1.54) is 25.7 Å². The minimum absolute atomic E-state index is 0.146. The Balaban J connectivity index is 2.26. The van der Waals surface area contributed by atoms with Gasteiger partial charge in [0, 0.05) is 6.04 Å². The van der Waals surface area contributed by atoms with Crippen LogP contribution in [0.15, 0.2) is 0 Å². The average Bonchev–Trinajstić information content (AvgIpc) is 2.38. The van der Waals surface area contributed by atoms with Crippen LogP contribution in [0.2, 0.25) is 0 Å². The zero-order valence-corrected chi connectivity index (χ0v) is 6.21. The van der Waals surface area contributed by atoms with Crippen molar-refractivity contribution in [3.05, 3.63) is 0 Å². The molecule has 0 radical (unpaired) electrons. The Morgan fingerprint density at radius 1 is 1.50 bits per heavy atom. The van der Waals surface area contributed by atoms with Crippen LogP contribution in [0.5, 0.6) is 0 Å². The van der Waals surface area contributed by atoms with Crippen LogP contribution in [0, 0.1) is 17.2 Å². The lowest BCUT2D eigenvalue weighted by molar-refractivity contribution is 0.437. The third-order valence-electron chi connectivity index (χ3n) is 2.33. The summed E-state index contributed by atoms with van der Waals surface area (Å²) in [5.41, 5.74) is 5.77. The molecule has 0 heterocycles. The highest BCUT2D eigenvalue weighted by Gasteiger charge is 2.21. The van der Waals surface area contributed by atoms with Crippen LogP contribution in [0.1, 0.15) is 32.1 Å². The van der Waals surface area contributed by atoms with Crippen molar-refractivity contribution in [3.63, 3.8) is 0 Å². The lowest BCUT2D eigenvalue weighted by Gasteiger charge is -2.14. The SMILES string of the molecule is N#CC[C@H](N)C1CCCC1. The molecule has 0 saturated heterocycles. The average molecular weight is 138 g/mol. The highest BCUT2D eigenvalue weighted by Crippen LogP contribution is 2.27. The molecule has 0 aromatic rings. The van der Waals surface area contributed by atoms with E-state index in [1.807, 2.05) is 0 Å². The summed E-state index contributed by atoms with van der Waals surface area (Å²) in [6, 6.07) is 2.27. The first-order valence-corrected chi connectivity index (χ1v) is 3.97. The van der Waals surface area contributed by atoms with Crippen LogP contribution < -0.4 is 5.73 Å². The normalized spacial score (nSPS) is 22.4. The minimum atomic E-state index is 0.146. The fraction of sp³-hybridized carbons (Fsp3) is 0.875. The van der Waals surface area contributed by atoms with Gasteiger partial charge in [0.15, 0.2) is 0 Å². The Morgan fingerprint density at radius 3 is 2.60 bits per heavy atom. The molecule has 0 amide bonds. The predicted molar refractivity (Wildman–Crippen MR) is 40.2 cm³/mol. The molecule has 1 rings (SSSR count). The van der Waals surface area contributed by atoms with E-state index >= 15 is 0 Å². The molecule has 1 aliphatic rings. The number of rotatable bonds is 2. The van der Waals surface area contributed by atoms with Crippen LogP contribution in [0.3, 0.4) is 0 Å². The fourth-order valence-electron chi connectivity index (χ4n) is 1.66. The highest BCUT2D eigenvalue weighted by atomic mass is 14.6. The highest BCUT2D eigenvalue weighted by molar-refractivity contribution is 4.85. The van der Waals surface area contributed by atoms with E-state index in [0.29, 0.717) is 12.3 Å². The van der Waals surface area contributed by atoms with E-state index in [-0.39, 0.29) is 6.04 Å². The van der Waals surface area contributed by atoms with Crippen LogP contribution in [-0.2, 0) is 0 Å². The van der Waals surface area contributed by atoms with Crippen molar-refractivity contribution >= 4 is 0 Å². The Labute approximate surface area is 62.0 Å². The van der Waals surface area contributed by atoms with Crippen molar-refractivity contribution in [2.45, 2.75) is 38.1 Å². The van der Waals surface area contributed by atoms with Gasteiger partial charge in [0.1, 0.15) is 0 Å². The van der Waals surface area contributed by atoms with Gasteiger partial charge in [-0.15, -0.1) is 0 Å². The van der Waals surface area contributed by atoms with Gasteiger partial charge in [-0.3, -0.25) is 0 Å². The molecule has 2 N–H and O–H groups in total. The molecule has 10 heavy (non-hydrogen) atoms. The molecule has 2 heteroatoms. The van der Waals surface area contributed by atoms with Gasteiger partial charge in [0.25, 0.3) is 0 Å². The van der Waals surface area contributed by atoms with Crippen molar-refractivity contribution in [2.24, 2.45) is 11.7 Å². The van der Waals surface area contributed by atoms with E-state index in [1.54, 1.807) is 0 Å². The van der Waals surface area contributed by atoms with Crippen molar-refractivity contribution in [1.29, 1.82) is 5.26 Å². The maximum atomic E-state index is 8.37. The molecule has 2 nitrogen and oxygen atoms in total. The lowest BCUT2D eigenvalue weighted by Crippen LogP contribution is -2.27. The van der Waals surface area contributed by atoms with Crippen LogP contribution in [-0.4, -0.2) is 6.04 Å².